The lowest BCUT2D eigenvalue weighted by atomic mass is 10.3. The van der Waals surface area contributed by atoms with Gasteiger partial charge in [-0.25, -0.2) is 0 Å². The zero-order chi connectivity index (χ0) is 17.9. The average Bonchev–Trinajstić information content (AvgIpc) is 3.07. The van der Waals surface area contributed by atoms with Crippen LogP contribution in [0.2, 0.25) is 0 Å². The molecule has 1 aromatic rings. The molecule has 1 aromatic carbocycles. The molecule has 1 fully saturated rings. The second-order valence-electron chi connectivity index (χ2n) is 5.92. The summed E-state index contributed by atoms with van der Waals surface area (Å²) in [5.41, 5.74) is 1.26. The number of hydrogen-bond donors (Lipinski definition) is 2. The quantitative estimate of drug-likeness (QED) is 0.218. The first-order chi connectivity index (χ1) is 12.2. The summed E-state index contributed by atoms with van der Waals surface area (Å²) in [4.78, 5) is 6.99. The van der Waals surface area contributed by atoms with Crippen LogP contribution in [0.3, 0.4) is 0 Å². The minimum atomic E-state index is 0. The molecule has 6 nitrogen and oxygen atoms in total. The molecule has 8 heteroatoms. The first kappa shape index (κ1) is 23.5. The molecule has 1 saturated heterocycles. The maximum atomic E-state index is 5.46. The third-order valence-electron chi connectivity index (χ3n) is 4.00. The number of halogens is 2. The van der Waals surface area contributed by atoms with Gasteiger partial charge in [0.2, 0.25) is 0 Å². The van der Waals surface area contributed by atoms with Crippen molar-refractivity contribution in [3.05, 3.63) is 28.7 Å². The first-order valence-corrected chi connectivity index (χ1v) is 9.64. The SMILES string of the molecule is CCNC(=NCCOCCOC)NC1CCN(c2ccc(Br)cc2)C1.I. The zero-order valence-electron chi connectivity index (χ0n) is 15.5. The summed E-state index contributed by atoms with van der Waals surface area (Å²) in [5, 5.41) is 6.85. The third kappa shape index (κ3) is 8.41. The molecule has 0 aromatic heterocycles. The number of rotatable bonds is 9. The average molecular weight is 541 g/mol. The van der Waals surface area contributed by atoms with E-state index in [9.17, 15) is 0 Å². The summed E-state index contributed by atoms with van der Waals surface area (Å²) < 4.78 is 11.5. The molecular weight excluding hydrogens is 511 g/mol. The maximum Gasteiger partial charge on any atom is 0.191 e. The molecular formula is C18H30BrIN4O2. The lowest BCUT2D eigenvalue weighted by Gasteiger charge is -2.20. The minimum absolute atomic E-state index is 0. The van der Waals surface area contributed by atoms with Crippen LogP contribution in [0, 0.1) is 0 Å². The van der Waals surface area contributed by atoms with Crippen LogP contribution in [0.25, 0.3) is 0 Å². The maximum absolute atomic E-state index is 5.46. The summed E-state index contributed by atoms with van der Waals surface area (Å²) in [7, 11) is 1.67. The van der Waals surface area contributed by atoms with Crippen molar-refractivity contribution in [2.75, 3.05) is 58.0 Å². The molecule has 1 aliphatic heterocycles. The molecule has 0 bridgehead atoms. The van der Waals surface area contributed by atoms with E-state index in [0.717, 1.165) is 36.5 Å². The number of nitrogens with one attached hydrogen (secondary N) is 2. The number of ether oxygens (including phenoxy) is 2. The predicted octanol–water partition coefficient (Wildman–Crippen LogP) is 2.86. The van der Waals surface area contributed by atoms with Crippen LogP contribution in [-0.2, 0) is 9.47 Å². The van der Waals surface area contributed by atoms with E-state index in [1.165, 1.54) is 5.69 Å². The van der Waals surface area contributed by atoms with Crippen molar-refractivity contribution in [1.29, 1.82) is 0 Å². The predicted molar refractivity (Wildman–Crippen MR) is 122 cm³/mol. The first-order valence-electron chi connectivity index (χ1n) is 8.85. The molecule has 2 rings (SSSR count). The Morgan fingerprint density at radius 2 is 2.04 bits per heavy atom. The second-order valence-corrected chi connectivity index (χ2v) is 6.83. The summed E-state index contributed by atoms with van der Waals surface area (Å²) in [5.74, 6) is 0.862. The topological polar surface area (TPSA) is 58.1 Å². The van der Waals surface area contributed by atoms with Crippen LogP contribution in [0.4, 0.5) is 5.69 Å². The van der Waals surface area contributed by atoms with E-state index in [0.29, 0.717) is 32.4 Å². The highest BCUT2D eigenvalue weighted by Gasteiger charge is 2.23. The highest BCUT2D eigenvalue weighted by Crippen LogP contribution is 2.22. The molecule has 0 saturated carbocycles. The highest BCUT2D eigenvalue weighted by atomic mass is 127. The van der Waals surface area contributed by atoms with E-state index >= 15 is 0 Å². The van der Waals surface area contributed by atoms with E-state index in [-0.39, 0.29) is 24.0 Å². The molecule has 1 heterocycles. The number of benzene rings is 1. The Kier molecular flexibility index (Phi) is 12.2. The van der Waals surface area contributed by atoms with Crippen LogP contribution >= 0.6 is 39.9 Å². The fourth-order valence-electron chi connectivity index (χ4n) is 2.74. The van der Waals surface area contributed by atoms with E-state index in [1.54, 1.807) is 7.11 Å². The largest absolute Gasteiger partial charge is 0.382 e. The Labute approximate surface area is 182 Å². The number of hydrogen-bond acceptors (Lipinski definition) is 4. The molecule has 0 radical (unpaired) electrons. The molecule has 1 unspecified atom stereocenters. The fourth-order valence-corrected chi connectivity index (χ4v) is 3.01. The number of methoxy groups -OCH3 is 1. The Balaban J connectivity index is 0.00000338. The van der Waals surface area contributed by atoms with Gasteiger partial charge in [0.25, 0.3) is 0 Å². The summed E-state index contributed by atoms with van der Waals surface area (Å²) >= 11 is 3.49. The van der Waals surface area contributed by atoms with E-state index in [1.807, 2.05) is 0 Å². The summed E-state index contributed by atoms with van der Waals surface area (Å²) in [6, 6.07) is 8.89. The van der Waals surface area contributed by atoms with Gasteiger partial charge in [0, 0.05) is 42.9 Å². The van der Waals surface area contributed by atoms with Crippen LogP contribution in [0.15, 0.2) is 33.7 Å². The van der Waals surface area contributed by atoms with Crippen LogP contribution in [0.5, 0.6) is 0 Å². The zero-order valence-corrected chi connectivity index (χ0v) is 19.5. The van der Waals surface area contributed by atoms with Crippen LogP contribution < -0.4 is 15.5 Å². The van der Waals surface area contributed by atoms with Gasteiger partial charge >= 0.3 is 0 Å². The van der Waals surface area contributed by atoms with Gasteiger partial charge in [-0.05, 0) is 37.6 Å². The lowest BCUT2D eigenvalue weighted by Crippen LogP contribution is -2.44. The number of nitrogens with zero attached hydrogens (tertiary/aromatic N) is 2. The Bertz CT molecular complexity index is 530. The minimum Gasteiger partial charge on any atom is -0.382 e. The Morgan fingerprint density at radius 3 is 2.73 bits per heavy atom. The smallest absolute Gasteiger partial charge is 0.191 e. The molecule has 2 N–H and O–H groups in total. The third-order valence-corrected chi connectivity index (χ3v) is 4.53. The molecule has 0 amide bonds. The molecule has 0 aliphatic carbocycles. The van der Waals surface area contributed by atoms with Crippen molar-refractivity contribution in [3.8, 4) is 0 Å². The van der Waals surface area contributed by atoms with Gasteiger partial charge in [-0.1, -0.05) is 15.9 Å². The fraction of sp³-hybridized carbons (Fsp3) is 0.611. The monoisotopic (exact) mass is 540 g/mol. The molecule has 1 atom stereocenters. The summed E-state index contributed by atoms with van der Waals surface area (Å²) in [6.07, 6.45) is 1.10. The van der Waals surface area contributed by atoms with Crippen molar-refractivity contribution in [2.45, 2.75) is 19.4 Å². The van der Waals surface area contributed by atoms with Crippen molar-refractivity contribution >= 4 is 51.6 Å². The molecule has 148 valence electrons. The van der Waals surface area contributed by atoms with E-state index < -0.39 is 0 Å². The van der Waals surface area contributed by atoms with E-state index in [2.05, 4.69) is 67.6 Å². The molecule has 1 aliphatic rings. The van der Waals surface area contributed by atoms with Crippen molar-refractivity contribution in [1.82, 2.24) is 10.6 Å². The Morgan fingerprint density at radius 1 is 1.27 bits per heavy atom. The van der Waals surface area contributed by atoms with Gasteiger partial charge in [-0.15, -0.1) is 24.0 Å². The summed E-state index contributed by atoms with van der Waals surface area (Å²) in [6.45, 7) is 7.44. The number of guanidine groups is 1. The highest BCUT2D eigenvalue weighted by molar-refractivity contribution is 14.0. The van der Waals surface area contributed by atoms with Gasteiger partial charge in [0.15, 0.2) is 5.96 Å². The number of aliphatic imine (C=N–C) groups is 1. The number of anilines is 1. The van der Waals surface area contributed by atoms with Crippen LogP contribution in [-0.4, -0.2) is 65.1 Å². The lowest BCUT2D eigenvalue weighted by molar-refractivity contribution is 0.0748. The second kappa shape index (κ2) is 13.6. The van der Waals surface area contributed by atoms with Crippen LogP contribution in [0.1, 0.15) is 13.3 Å². The van der Waals surface area contributed by atoms with Gasteiger partial charge in [0.05, 0.1) is 26.4 Å². The Hall–Kier alpha value is -0.580. The van der Waals surface area contributed by atoms with Gasteiger partial charge in [0.1, 0.15) is 0 Å². The van der Waals surface area contributed by atoms with E-state index in [4.69, 9.17) is 9.47 Å². The van der Waals surface area contributed by atoms with Gasteiger partial charge in [-0.3, -0.25) is 4.99 Å². The van der Waals surface area contributed by atoms with Gasteiger partial charge in [-0.2, -0.15) is 0 Å². The standard InChI is InChI=1S/C18H29BrN4O2.HI/c1-3-20-18(21-9-11-25-13-12-24-2)22-16-8-10-23(14-16)17-6-4-15(19)5-7-17;/h4-7,16H,3,8-14H2,1-2H3,(H2,20,21,22);1H. The van der Waals surface area contributed by atoms with Crippen molar-refractivity contribution in [3.63, 3.8) is 0 Å². The van der Waals surface area contributed by atoms with Crippen molar-refractivity contribution in [2.24, 2.45) is 4.99 Å². The molecule has 26 heavy (non-hydrogen) atoms. The van der Waals surface area contributed by atoms with Gasteiger partial charge < -0.3 is 25.0 Å². The van der Waals surface area contributed by atoms with Crippen molar-refractivity contribution < 1.29 is 9.47 Å². The normalized spacial score (nSPS) is 17.1. The molecule has 0 spiro atoms.